The van der Waals surface area contributed by atoms with Crippen molar-refractivity contribution in [2.45, 2.75) is 32.5 Å². The topological polar surface area (TPSA) is 35.8 Å². The minimum absolute atomic E-state index is 0.0626. The summed E-state index contributed by atoms with van der Waals surface area (Å²) in [5.41, 5.74) is 0. The molecule has 0 aliphatic carbocycles. The SMILES string of the molecule is CCC(C)C(C#N)NCC(F)(F)F. The molecule has 0 bridgehead atoms. The third-order valence-corrected chi connectivity index (χ3v) is 1.87. The number of halogens is 3. The molecule has 0 amide bonds. The summed E-state index contributed by atoms with van der Waals surface area (Å²) in [6.07, 6.45) is -3.56. The van der Waals surface area contributed by atoms with Crippen molar-refractivity contribution in [2.75, 3.05) is 6.54 Å². The number of alkyl halides is 3. The van der Waals surface area contributed by atoms with Crippen LogP contribution in [0.2, 0.25) is 0 Å². The molecule has 0 saturated heterocycles. The van der Waals surface area contributed by atoms with Gasteiger partial charge in [-0.2, -0.15) is 18.4 Å². The average Bonchev–Trinajstić information content (AvgIpc) is 2.03. The van der Waals surface area contributed by atoms with Crippen LogP contribution in [0, 0.1) is 17.2 Å². The van der Waals surface area contributed by atoms with Gasteiger partial charge in [-0.1, -0.05) is 20.3 Å². The molecular formula is C8H13F3N2. The van der Waals surface area contributed by atoms with Crippen LogP contribution in [0.5, 0.6) is 0 Å². The van der Waals surface area contributed by atoms with Gasteiger partial charge in [0.1, 0.15) is 0 Å². The van der Waals surface area contributed by atoms with Gasteiger partial charge in [0.05, 0.1) is 18.7 Å². The molecule has 0 aromatic rings. The Kier molecular flexibility index (Phi) is 4.78. The number of hydrogen-bond acceptors (Lipinski definition) is 2. The molecular weight excluding hydrogens is 181 g/mol. The lowest BCUT2D eigenvalue weighted by molar-refractivity contribution is -0.126. The monoisotopic (exact) mass is 194 g/mol. The van der Waals surface area contributed by atoms with Crippen LogP contribution in [-0.4, -0.2) is 18.8 Å². The third-order valence-electron chi connectivity index (χ3n) is 1.87. The Balaban J connectivity index is 3.95. The van der Waals surface area contributed by atoms with E-state index in [9.17, 15) is 13.2 Å². The summed E-state index contributed by atoms with van der Waals surface area (Å²) in [7, 11) is 0. The Morgan fingerprint density at radius 3 is 2.31 bits per heavy atom. The predicted octanol–water partition coefficient (Wildman–Crippen LogP) is 2.08. The zero-order valence-corrected chi connectivity index (χ0v) is 7.65. The zero-order chi connectivity index (χ0) is 10.5. The number of nitrogens with one attached hydrogen (secondary N) is 1. The maximum absolute atomic E-state index is 11.7. The number of nitriles is 1. The molecule has 0 aromatic carbocycles. The van der Waals surface area contributed by atoms with E-state index in [1.807, 2.05) is 13.0 Å². The number of hydrogen-bond donors (Lipinski definition) is 1. The van der Waals surface area contributed by atoms with Crippen molar-refractivity contribution in [3.8, 4) is 6.07 Å². The molecule has 0 aliphatic rings. The van der Waals surface area contributed by atoms with Crippen molar-refractivity contribution in [1.29, 1.82) is 5.26 Å². The highest BCUT2D eigenvalue weighted by molar-refractivity contribution is 4.93. The molecule has 5 heteroatoms. The van der Waals surface area contributed by atoms with Gasteiger partial charge < -0.3 is 0 Å². The predicted molar refractivity (Wildman–Crippen MR) is 42.9 cm³/mol. The first-order valence-electron chi connectivity index (χ1n) is 4.10. The summed E-state index contributed by atoms with van der Waals surface area (Å²) in [6.45, 7) is 2.48. The van der Waals surface area contributed by atoms with Crippen molar-refractivity contribution in [3.63, 3.8) is 0 Å². The number of nitrogens with zero attached hydrogens (tertiary/aromatic N) is 1. The zero-order valence-electron chi connectivity index (χ0n) is 7.65. The molecule has 1 N–H and O–H groups in total. The molecule has 76 valence electrons. The molecule has 2 unspecified atom stereocenters. The second kappa shape index (κ2) is 5.07. The molecule has 0 heterocycles. The van der Waals surface area contributed by atoms with Crippen LogP contribution >= 0.6 is 0 Å². The van der Waals surface area contributed by atoms with Crippen molar-refractivity contribution in [2.24, 2.45) is 5.92 Å². The fourth-order valence-corrected chi connectivity index (χ4v) is 0.835. The van der Waals surface area contributed by atoms with Crippen LogP contribution in [0.15, 0.2) is 0 Å². The lowest BCUT2D eigenvalue weighted by Crippen LogP contribution is -2.39. The molecule has 0 aliphatic heterocycles. The summed E-state index contributed by atoms with van der Waals surface area (Å²) in [4.78, 5) is 0. The van der Waals surface area contributed by atoms with Crippen LogP contribution in [0.3, 0.4) is 0 Å². The van der Waals surface area contributed by atoms with Gasteiger partial charge in [0.15, 0.2) is 0 Å². The largest absolute Gasteiger partial charge is 0.401 e. The Hall–Kier alpha value is -0.760. The highest BCUT2D eigenvalue weighted by Gasteiger charge is 2.29. The number of rotatable bonds is 4. The smallest absolute Gasteiger partial charge is 0.293 e. The first-order chi connectivity index (χ1) is 5.90. The van der Waals surface area contributed by atoms with Crippen molar-refractivity contribution < 1.29 is 13.2 Å². The first kappa shape index (κ1) is 12.2. The Morgan fingerprint density at radius 1 is 1.46 bits per heavy atom. The molecule has 2 atom stereocenters. The quantitative estimate of drug-likeness (QED) is 0.743. The van der Waals surface area contributed by atoms with Gasteiger partial charge in [0.25, 0.3) is 0 Å². The fraction of sp³-hybridized carbons (Fsp3) is 0.875. The average molecular weight is 194 g/mol. The second-order valence-electron chi connectivity index (χ2n) is 2.99. The van der Waals surface area contributed by atoms with E-state index >= 15 is 0 Å². The summed E-state index contributed by atoms with van der Waals surface area (Å²) >= 11 is 0. The van der Waals surface area contributed by atoms with Crippen LogP contribution in [-0.2, 0) is 0 Å². The van der Waals surface area contributed by atoms with Crippen LogP contribution in [0.25, 0.3) is 0 Å². The Bertz CT molecular complexity index is 183. The van der Waals surface area contributed by atoms with Gasteiger partial charge in [0.2, 0.25) is 0 Å². The lowest BCUT2D eigenvalue weighted by atomic mass is 10.0. The molecule has 13 heavy (non-hydrogen) atoms. The van der Waals surface area contributed by atoms with Gasteiger partial charge in [0, 0.05) is 0 Å². The van der Waals surface area contributed by atoms with E-state index in [2.05, 4.69) is 5.32 Å². The summed E-state index contributed by atoms with van der Waals surface area (Å²) in [5.74, 6) is -0.0626. The summed E-state index contributed by atoms with van der Waals surface area (Å²) < 4.78 is 35.2. The maximum atomic E-state index is 11.7. The van der Waals surface area contributed by atoms with Gasteiger partial charge in [-0.05, 0) is 5.92 Å². The van der Waals surface area contributed by atoms with E-state index in [-0.39, 0.29) is 5.92 Å². The van der Waals surface area contributed by atoms with E-state index < -0.39 is 18.8 Å². The standard InChI is InChI=1S/C8H13F3N2/c1-3-6(2)7(4-12)13-5-8(9,10)11/h6-7,13H,3,5H2,1-2H3. The van der Waals surface area contributed by atoms with Crippen LogP contribution < -0.4 is 5.32 Å². The van der Waals surface area contributed by atoms with Crippen molar-refractivity contribution in [1.82, 2.24) is 5.32 Å². The highest BCUT2D eigenvalue weighted by atomic mass is 19.4. The van der Waals surface area contributed by atoms with Gasteiger partial charge in [-0.15, -0.1) is 0 Å². The lowest BCUT2D eigenvalue weighted by Gasteiger charge is -2.18. The van der Waals surface area contributed by atoms with E-state index in [1.54, 1.807) is 6.92 Å². The van der Waals surface area contributed by atoms with E-state index in [0.29, 0.717) is 6.42 Å². The Morgan fingerprint density at radius 2 is 2.00 bits per heavy atom. The molecule has 2 nitrogen and oxygen atoms in total. The fourth-order valence-electron chi connectivity index (χ4n) is 0.835. The molecule has 0 saturated carbocycles. The molecule has 0 rings (SSSR count). The van der Waals surface area contributed by atoms with E-state index in [1.165, 1.54) is 0 Å². The van der Waals surface area contributed by atoms with Crippen LogP contribution in [0.1, 0.15) is 20.3 Å². The van der Waals surface area contributed by atoms with E-state index in [0.717, 1.165) is 0 Å². The first-order valence-corrected chi connectivity index (χ1v) is 4.10. The van der Waals surface area contributed by atoms with Gasteiger partial charge in [-0.25, -0.2) is 0 Å². The molecule has 0 fully saturated rings. The summed E-state index contributed by atoms with van der Waals surface area (Å²) in [6, 6.07) is 1.10. The normalized spacial score (nSPS) is 16.3. The molecule has 0 aromatic heterocycles. The summed E-state index contributed by atoms with van der Waals surface area (Å²) in [5, 5.41) is 10.7. The molecule has 0 spiro atoms. The van der Waals surface area contributed by atoms with Gasteiger partial charge in [-0.3, -0.25) is 5.32 Å². The molecule has 0 radical (unpaired) electrons. The van der Waals surface area contributed by atoms with Crippen molar-refractivity contribution >= 4 is 0 Å². The third kappa shape index (κ3) is 5.47. The van der Waals surface area contributed by atoms with Gasteiger partial charge >= 0.3 is 6.18 Å². The second-order valence-corrected chi connectivity index (χ2v) is 2.99. The van der Waals surface area contributed by atoms with E-state index in [4.69, 9.17) is 5.26 Å². The van der Waals surface area contributed by atoms with Crippen molar-refractivity contribution in [3.05, 3.63) is 0 Å². The van der Waals surface area contributed by atoms with Crippen LogP contribution in [0.4, 0.5) is 13.2 Å². The minimum atomic E-state index is -4.25. The Labute approximate surface area is 75.7 Å². The maximum Gasteiger partial charge on any atom is 0.401 e. The highest BCUT2D eigenvalue weighted by Crippen LogP contribution is 2.14. The minimum Gasteiger partial charge on any atom is -0.293 e.